The Morgan fingerprint density at radius 1 is 1.10 bits per heavy atom. The third kappa shape index (κ3) is 5.73. The van der Waals surface area contributed by atoms with Crippen molar-refractivity contribution in [1.29, 1.82) is 0 Å². The number of nitrogens with zero attached hydrogens (tertiary/aromatic N) is 2. The molecule has 0 aromatic heterocycles. The molecule has 1 aliphatic heterocycles. The number of hydrogen-bond acceptors (Lipinski definition) is 8. The second kappa shape index (κ2) is 10.1. The van der Waals surface area contributed by atoms with E-state index in [0.717, 1.165) is 31.7 Å². The molecule has 0 saturated carbocycles. The molecule has 0 radical (unpaired) electrons. The smallest absolute Gasteiger partial charge is 0.276 e. The van der Waals surface area contributed by atoms with E-state index in [1.165, 1.54) is 19.2 Å². The number of nitrogens with one attached hydrogen (secondary N) is 2. The maximum atomic E-state index is 12.8. The van der Waals surface area contributed by atoms with Gasteiger partial charge in [-0.15, -0.1) is 0 Å². The van der Waals surface area contributed by atoms with Gasteiger partial charge >= 0.3 is 0 Å². The van der Waals surface area contributed by atoms with E-state index < -0.39 is 21.6 Å². The molecule has 168 valence electrons. The number of likely N-dealkylation sites (N-methyl/N-ethyl adjacent to an activating group) is 1. The number of hydrogen-bond donors (Lipinski definition) is 3. The van der Waals surface area contributed by atoms with Crippen molar-refractivity contribution >= 4 is 21.4 Å². The molecule has 1 fully saturated rings. The lowest BCUT2D eigenvalue weighted by molar-refractivity contribution is 0.0707. The van der Waals surface area contributed by atoms with Crippen molar-refractivity contribution in [2.45, 2.75) is 11.4 Å². The van der Waals surface area contributed by atoms with Crippen LogP contribution in [0, 0.1) is 0 Å². The number of anilines is 1. The molecule has 3 rings (SSSR count). The van der Waals surface area contributed by atoms with Crippen LogP contribution in [0.4, 0.5) is 5.69 Å². The zero-order chi connectivity index (χ0) is 22.4. The molecule has 0 bridgehead atoms. The van der Waals surface area contributed by atoms with Gasteiger partial charge in [0.15, 0.2) is 9.84 Å². The molecule has 0 unspecified atom stereocenters. The molecule has 1 saturated heterocycles. The van der Waals surface area contributed by atoms with E-state index in [-0.39, 0.29) is 10.5 Å². The summed E-state index contributed by atoms with van der Waals surface area (Å²) in [6.07, 6.45) is 0. The largest absolute Gasteiger partial charge is 0.497 e. The maximum Gasteiger partial charge on any atom is 0.276 e. The van der Waals surface area contributed by atoms with Crippen LogP contribution < -0.4 is 15.5 Å². The fourth-order valence-electron chi connectivity index (χ4n) is 3.47. The van der Waals surface area contributed by atoms with Crippen LogP contribution in [0.15, 0.2) is 47.4 Å². The van der Waals surface area contributed by atoms with Crippen molar-refractivity contribution in [3.8, 4) is 5.75 Å². The maximum absolute atomic E-state index is 12.8. The summed E-state index contributed by atoms with van der Waals surface area (Å²) in [4.78, 5) is 16.8. The Hall–Kier alpha value is -2.66. The highest BCUT2D eigenvalue weighted by Crippen LogP contribution is 2.25. The van der Waals surface area contributed by atoms with Crippen LogP contribution in [0.5, 0.6) is 5.75 Å². The normalized spacial score (nSPS) is 15.5. The molecule has 1 aliphatic rings. The van der Waals surface area contributed by atoms with E-state index in [9.17, 15) is 13.2 Å². The number of rotatable bonds is 8. The van der Waals surface area contributed by atoms with Gasteiger partial charge in [0.05, 0.1) is 23.3 Å². The number of methoxy groups -OCH3 is 1. The molecule has 10 heteroatoms. The van der Waals surface area contributed by atoms with E-state index >= 15 is 0 Å². The summed E-state index contributed by atoms with van der Waals surface area (Å²) in [5, 5.41) is 12.1. The summed E-state index contributed by atoms with van der Waals surface area (Å²) in [6.45, 7) is 4.18. The van der Waals surface area contributed by atoms with Crippen LogP contribution in [0.25, 0.3) is 0 Å². The molecular weight excluding hydrogens is 420 g/mol. The predicted octanol–water partition coefficient (Wildman–Crippen LogP) is 1.40. The van der Waals surface area contributed by atoms with E-state index in [1.807, 2.05) is 6.07 Å². The Balaban J connectivity index is 1.84. The fourth-order valence-corrected chi connectivity index (χ4v) is 4.52. The summed E-state index contributed by atoms with van der Waals surface area (Å²) in [7, 11) is -0.0909. The van der Waals surface area contributed by atoms with E-state index in [1.54, 1.807) is 29.7 Å². The lowest BCUT2D eigenvalue weighted by Crippen LogP contribution is -2.44. The first kappa shape index (κ1) is 23.0. The van der Waals surface area contributed by atoms with Gasteiger partial charge in [0.1, 0.15) is 11.6 Å². The number of sulfone groups is 1. The van der Waals surface area contributed by atoms with Gasteiger partial charge in [-0.2, -0.15) is 0 Å². The van der Waals surface area contributed by atoms with Gasteiger partial charge in [0.2, 0.25) is 0 Å². The Kier molecular flexibility index (Phi) is 7.50. The number of hydroxylamine groups is 1. The summed E-state index contributed by atoms with van der Waals surface area (Å²) >= 11 is 0. The zero-order valence-corrected chi connectivity index (χ0v) is 18.5. The van der Waals surface area contributed by atoms with Gasteiger partial charge in [0, 0.05) is 32.7 Å². The van der Waals surface area contributed by atoms with Gasteiger partial charge in [0.25, 0.3) is 5.91 Å². The summed E-state index contributed by atoms with van der Waals surface area (Å²) in [6, 6.07) is 11.2. The number of para-hydroxylation sites is 1. The fraction of sp³-hybridized carbons (Fsp3) is 0.381. The molecule has 9 nitrogen and oxygen atoms in total. The first-order valence-electron chi connectivity index (χ1n) is 9.92. The van der Waals surface area contributed by atoms with Crippen molar-refractivity contribution in [2.75, 3.05) is 51.5 Å². The number of benzene rings is 2. The Morgan fingerprint density at radius 3 is 2.39 bits per heavy atom. The molecular formula is C21H28N4O5S. The van der Waals surface area contributed by atoms with Crippen LogP contribution in [-0.2, 0) is 16.4 Å². The highest BCUT2D eigenvalue weighted by molar-refractivity contribution is 7.91. The van der Waals surface area contributed by atoms with Crippen molar-refractivity contribution in [3.63, 3.8) is 0 Å². The monoisotopic (exact) mass is 448 g/mol. The summed E-state index contributed by atoms with van der Waals surface area (Å²) < 4.78 is 30.7. The molecule has 1 amide bonds. The minimum absolute atomic E-state index is 0.144. The number of carbonyl (C=O) groups excluding carboxylic acids is 1. The van der Waals surface area contributed by atoms with Crippen LogP contribution in [0.3, 0.4) is 0 Å². The predicted molar refractivity (Wildman–Crippen MR) is 117 cm³/mol. The van der Waals surface area contributed by atoms with E-state index in [4.69, 9.17) is 9.94 Å². The third-order valence-electron chi connectivity index (χ3n) is 5.34. The Morgan fingerprint density at radius 2 is 1.77 bits per heavy atom. The SMILES string of the molecule is COc1ccc(S(=O)(=O)CNc2c(CN3CCN(C)CC3)cccc2C(=O)NO)cc1. The number of ether oxygens (including phenoxy) is 1. The number of piperazine rings is 1. The number of amides is 1. The van der Waals surface area contributed by atoms with E-state index in [2.05, 4.69) is 22.2 Å². The van der Waals surface area contributed by atoms with Crippen LogP contribution in [0.2, 0.25) is 0 Å². The molecule has 1 heterocycles. The molecule has 0 spiro atoms. The molecule has 3 N–H and O–H groups in total. The Bertz CT molecular complexity index is 1000. The molecule has 0 atom stereocenters. The van der Waals surface area contributed by atoms with Crippen molar-refractivity contribution in [3.05, 3.63) is 53.6 Å². The van der Waals surface area contributed by atoms with Crippen molar-refractivity contribution in [2.24, 2.45) is 0 Å². The zero-order valence-electron chi connectivity index (χ0n) is 17.7. The van der Waals surface area contributed by atoms with Crippen LogP contribution >= 0.6 is 0 Å². The van der Waals surface area contributed by atoms with Gasteiger partial charge in [-0.3, -0.25) is 14.9 Å². The standard InChI is InChI=1S/C21H28N4O5S/c1-24-10-12-25(13-11-24)14-16-4-3-5-19(21(26)23-27)20(16)22-15-31(28,29)18-8-6-17(30-2)7-9-18/h3-9,22,27H,10-15H2,1-2H3,(H,23,26). The average Bonchev–Trinajstić information content (AvgIpc) is 2.79. The lowest BCUT2D eigenvalue weighted by atomic mass is 10.1. The average molecular weight is 449 g/mol. The molecule has 0 aliphatic carbocycles. The third-order valence-corrected chi connectivity index (χ3v) is 6.86. The molecule has 2 aromatic carbocycles. The quantitative estimate of drug-likeness (QED) is 0.411. The van der Waals surface area contributed by atoms with Crippen molar-refractivity contribution < 1.29 is 23.2 Å². The minimum atomic E-state index is -3.67. The topological polar surface area (TPSA) is 111 Å². The van der Waals surface area contributed by atoms with Gasteiger partial charge in [-0.1, -0.05) is 12.1 Å². The second-order valence-corrected chi connectivity index (χ2v) is 9.46. The van der Waals surface area contributed by atoms with Crippen LogP contribution in [-0.4, -0.2) is 75.5 Å². The summed E-state index contributed by atoms with van der Waals surface area (Å²) in [5.41, 5.74) is 3.00. The number of carbonyl (C=O) groups is 1. The molecule has 2 aromatic rings. The second-order valence-electron chi connectivity index (χ2n) is 7.47. The lowest BCUT2D eigenvalue weighted by Gasteiger charge is -2.33. The van der Waals surface area contributed by atoms with E-state index in [0.29, 0.717) is 18.0 Å². The van der Waals surface area contributed by atoms with Crippen molar-refractivity contribution in [1.82, 2.24) is 15.3 Å². The van der Waals surface area contributed by atoms with Crippen LogP contribution in [0.1, 0.15) is 15.9 Å². The first-order chi connectivity index (χ1) is 14.8. The highest BCUT2D eigenvalue weighted by Gasteiger charge is 2.21. The van der Waals surface area contributed by atoms with Gasteiger partial charge in [-0.25, -0.2) is 13.9 Å². The minimum Gasteiger partial charge on any atom is -0.497 e. The first-order valence-corrected chi connectivity index (χ1v) is 11.6. The molecule has 31 heavy (non-hydrogen) atoms. The Labute approximate surface area is 182 Å². The highest BCUT2D eigenvalue weighted by atomic mass is 32.2. The summed E-state index contributed by atoms with van der Waals surface area (Å²) in [5.74, 6) is -0.541. The van der Waals surface area contributed by atoms with Gasteiger partial charge in [-0.05, 0) is 42.9 Å². The van der Waals surface area contributed by atoms with Gasteiger partial charge < -0.3 is 15.0 Å².